The molecule has 0 aliphatic rings. The lowest BCUT2D eigenvalue weighted by Crippen LogP contribution is -2.37. The third-order valence-electron chi connectivity index (χ3n) is 4.78. The van der Waals surface area contributed by atoms with Gasteiger partial charge in [0, 0.05) is 38.0 Å². The average Bonchev–Trinajstić information content (AvgIpc) is 2.94. The Morgan fingerprint density at radius 2 is 1.86 bits per heavy atom. The summed E-state index contributed by atoms with van der Waals surface area (Å²) in [6.07, 6.45) is 3.08. The highest BCUT2D eigenvalue weighted by Gasteiger charge is 2.08. The average molecular weight is 513 g/mol. The van der Waals surface area contributed by atoms with E-state index in [1.54, 1.807) is 0 Å². The van der Waals surface area contributed by atoms with Crippen molar-refractivity contribution in [1.82, 2.24) is 20.4 Å². The number of hydrogen-bond donors (Lipinski definition) is 2. The summed E-state index contributed by atoms with van der Waals surface area (Å²) < 4.78 is 7.66. The summed E-state index contributed by atoms with van der Waals surface area (Å²) in [6, 6.07) is 10.5. The Morgan fingerprint density at radius 1 is 1.10 bits per heavy atom. The van der Waals surface area contributed by atoms with Crippen molar-refractivity contribution in [2.75, 3.05) is 26.3 Å². The van der Waals surface area contributed by atoms with Gasteiger partial charge in [-0.2, -0.15) is 5.10 Å². The van der Waals surface area contributed by atoms with Gasteiger partial charge in [0.15, 0.2) is 5.96 Å². The van der Waals surface area contributed by atoms with Crippen LogP contribution in [0.15, 0.2) is 35.3 Å². The first kappa shape index (κ1) is 25.4. The van der Waals surface area contributed by atoms with Crippen LogP contribution in [0.2, 0.25) is 0 Å². The molecule has 0 aliphatic heterocycles. The van der Waals surface area contributed by atoms with E-state index < -0.39 is 0 Å². The van der Waals surface area contributed by atoms with Crippen molar-refractivity contribution < 1.29 is 4.74 Å². The van der Waals surface area contributed by atoms with Crippen LogP contribution in [0.1, 0.15) is 42.3 Å². The van der Waals surface area contributed by atoms with Crippen molar-refractivity contribution >= 4 is 29.9 Å². The predicted octanol–water partition coefficient (Wildman–Crippen LogP) is 3.75. The van der Waals surface area contributed by atoms with Crippen LogP contribution < -0.4 is 10.6 Å². The van der Waals surface area contributed by atoms with Gasteiger partial charge in [0.25, 0.3) is 0 Å². The van der Waals surface area contributed by atoms with Gasteiger partial charge in [-0.05, 0) is 45.6 Å². The van der Waals surface area contributed by atoms with Gasteiger partial charge in [-0.1, -0.05) is 30.3 Å². The molecule has 6 nitrogen and oxygen atoms in total. The SMILES string of the molecule is CCNC(=NCc1c(C)nn(C)c1C)NCCCCOCCc1ccccc1.I. The number of guanidine groups is 1. The highest BCUT2D eigenvalue weighted by molar-refractivity contribution is 14.0. The molecular formula is C22H36IN5O. The van der Waals surface area contributed by atoms with Gasteiger partial charge in [-0.25, -0.2) is 4.99 Å². The standard InChI is InChI=1S/C22H35N5O.HI/c1-5-23-22(25-17-21-18(2)26-27(4)19(21)3)24-14-9-10-15-28-16-13-20-11-7-6-8-12-20;/h6-8,11-12H,5,9-10,13-17H2,1-4H3,(H2,23,24,25);1H. The van der Waals surface area contributed by atoms with Gasteiger partial charge in [-0.15, -0.1) is 24.0 Å². The van der Waals surface area contributed by atoms with Crippen molar-refractivity contribution in [3.05, 3.63) is 52.8 Å². The Hall–Kier alpha value is -1.61. The number of hydrogen-bond acceptors (Lipinski definition) is 3. The molecule has 0 bridgehead atoms. The molecule has 0 spiro atoms. The van der Waals surface area contributed by atoms with Crippen LogP contribution in [-0.4, -0.2) is 42.0 Å². The fourth-order valence-corrected chi connectivity index (χ4v) is 3.02. The second-order valence-electron chi connectivity index (χ2n) is 6.95. The highest BCUT2D eigenvalue weighted by Crippen LogP contribution is 2.12. The first-order valence-electron chi connectivity index (χ1n) is 10.2. The molecule has 7 heteroatoms. The number of halogens is 1. The quantitative estimate of drug-likeness (QED) is 0.208. The van der Waals surface area contributed by atoms with E-state index in [9.17, 15) is 0 Å². The fraction of sp³-hybridized carbons (Fsp3) is 0.545. The van der Waals surface area contributed by atoms with Gasteiger partial charge in [-0.3, -0.25) is 4.68 Å². The molecule has 1 heterocycles. The smallest absolute Gasteiger partial charge is 0.191 e. The predicted molar refractivity (Wildman–Crippen MR) is 131 cm³/mol. The molecule has 1 aromatic heterocycles. The summed E-state index contributed by atoms with van der Waals surface area (Å²) in [6.45, 7) is 10.2. The number of ether oxygens (including phenoxy) is 1. The zero-order chi connectivity index (χ0) is 20.2. The lowest BCUT2D eigenvalue weighted by atomic mass is 10.2. The minimum atomic E-state index is 0. The van der Waals surface area contributed by atoms with E-state index >= 15 is 0 Å². The van der Waals surface area contributed by atoms with Gasteiger partial charge in [0.05, 0.1) is 18.8 Å². The molecule has 0 amide bonds. The Labute approximate surface area is 192 Å². The van der Waals surface area contributed by atoms with Crippen LogP contribution in [0.4, 0.5) is 0 Å². The minimum Gasteiger partial charge on any atom is -0.381 e. The molecule has 0 aliphatic carbocycles. The first-order valence-corrected chi connectivity index (χ1v) is 10.2. The normalized spacial score (nSPS) is 11.2. The van der Waals surface area contributed by atoms with Crippen molar-refractivity contribution in [2.45, 2.75) is 46.6 Å². The Kier molecular flexibility index (Phi) is 12.6. The number of aliphatic imine (C=N–C) groups is 1. The van der Waals surface area contributed by atoms with Crippen LogP contribution >= 0.6 is 24.0 Å². The monoisotopic (exact) mass is 513 g/mol. The number of rotatable bonds is 11. The van der Waals surface area contributed by atoms with Crippen LogP contribution in [0.25, 0.3) is 0 Å². The minimum absolute atomic E-state index is 0. The van der Waals surface area contributed by atoms with Crippen molar-refractivity contribution in [1.29, 1.82) is 0 Å². The molecular weight excluding hydrogens is 477 g/mol. The molecule has 29 heavy (non-hydrogen) atoms. The number of nitrogens with one attached hydrogen (secondary N) is 2. The Balaban J connectivity index is 0.00000420. The van der Waals surface area contributed by atoms with Crippen LogP contribution in [0.3, 0.4) is 0 Å². The maximum atomic E-state index is 5.74. The van der Waals surface area contributed by atoms with E-state index in [0.29, 0.717) is 6.54 Å². The number of unbranched alkanes of at least 4 members (excludes halogenated alkanes) is 1. The lowest BCUT2D eigenvalue weighted by molar-refractivity contribution is 0.133. The molecule has 0 radical (unpaired) electrons. The number of aromatic nitrogens is 2. The second kappa shape index (κ2) is 14.4. The van der Waals surface area contributed by atoms with Crippen LogP contribution in [0.5, 0.6) is 0 Å². The van der Waals surface area contributed by atoms with E-state index in [2.05, 4.69) is 53.8 Å². The third-order valence-corrected chi connectivity index (χ3v) is 4.78. The molecule has 0 fully saturated rings. The summed E-state index contributed by atoms with van der Waals surface area (Å²) in [4.78, 5) is 4.71. The van der Waals surface area contributed by atoms with Crippen LogP contribution in [-0.2, 0) is 24.8 Å². The molecule has 2 aromatic rings. The van der Waals surface area contributed by atoms with Gasteiger partial charge in [0.1, 0.15) is 0 Å². The molecule has 0 atom stereocenters. The maximum Gasteiger partial charge on any atom is 0.191 e. The topological polar surface area (TPSA) is 63.5 Å². The van der Waals surface area contributed by atoms with E-state index in [-0.39, 0.29) is 24.0 Å². The van der Waals surface area contributed by atoms with E-state index in [1.165, 1.54) is 16.8 Å². The van der Waals surface area contributed by atoms with E-state index in [1.807, 2.05) is 24.7 Å². The summed E-state index contributed by atoms with van der Waals surface area (Å²) in [7, 11) is 1.97. The Bertz CT molecular complexity index is 730. The van der Waals surface area contributed by atoms with Crippen LogP contribution in [0, 0.1) is 13.8 Å². The highest BCUT2D eigenvalue weighted by atomic mass is 127. The van der Waals surface area contributed by atoms with Crippen molar-refractivity contribution in [2.24, 2.45) is 12.0 Å². The Morgan fingerprint density at radius 3 is 2.52 bits per heavy atom. The molecule has 2 rings (SSSR count). The summed E-state index contributed by atoms with van der Waals surface area (Å²) in [5.41, 5.74) is 4.75. The fourth-order valence-electron chi connectivity index (χ4n) is 3.02. The first-order chi connectivity index (χ1) is 13.6. The molecule has 0 unspecified atom stereocenters. The van der Waals surface area contributed by atoms with Gasteiger partial charge >= 0.3 is 0 Å². The van der Waals surface area contributed by atoms with E-state index in [4.69, 9.17) is 9.73 Å². The summed E-state index contributed by atoms with van der Waals surface area (Å²) in [5, 5.41) is 11.2. The molecule has 162 valence electrons. The zero-order valence-electron chi connectivity index (χ0n) is 18.2. The molecule has 0 saturated carbocycles. The van der Waals surface area contributed by atoms with Crippen molar-refractivity contribution in [3.8, 4) is 0 Å². The van der Waals surface area contributed by atoms with Gasteiger partial charge in [0.2, 0.25) is 0 Å². The summed E-state index contributed by atoms with van der Waals surface area (Å²) >= 11 is 0. The van der Waals surface area contributed by atoms with E-state index in [0.717, 1.165) is 57.2 Å². The van der Waals surface area contributed by atoms with Gasteiger partial charge < -0.3 is 15.4 Å². The molecule has 1 aromatic carbocycles. The zero-order valence-corrected chi connectivity index (χ0v) is 20.5. The largest absolute Gasteiger partial charge is 0.381 e. The number of benzene rings is 1. The summed E-state index contributed by atoms with van der Waals surface area (Å²) in [5.74, 6) is 0.857. The molecule has 2 N–H and O–H groups in total. The number of aryl methyl sites for hydroxylation is 2. The third kappa shape index (κ3) is 9.16. The lowest BCUT2D eigenvalue weighted by Gasteiger charge is -2.11. The molecule has 0 saturated heterocycles. The number of nitrogens with zero attached hydrogens (tertiary/aromatic N) is 3. The second-order valence-corrected chi connectivity index (χ2v) is 6.95. The maximum absolute atomic E-state index is 5.74. The van der Waals surface area contributed by atoms with Crippen molar-refractivity contribution in [3.63, 3.8) is 0 Å².